The fourth-order valence-corrected chi connectivity index (χ4v) is 2.43. The van der Waals surface area contributed by atoms with Gasteiger partial charge in [0.2, 0.25) is 5.91 Å². The second-order valence-corrected chi connectivity index (χ2v) is 5.61. The molecule has 0 spiro atoms. The molecule has 0 unspecified atom stereocenters. The van der Waals surface area contributed by atoms with E-state index in [2.05, 4.69) is 10.5 Å². The molecule has 0 fully saturated rings. The van der Waals surface area contributed by atoms with Gasteiger partial charge in [-0.2, -0.15) is 5.10 Å². The van der Waals surface area contributed by atoms with Crippen molar-refractivity contribution in [2.45, 2.75) is 27.2 Å². The van der Waals surface area contributed by atoms with Gasteiger partial charge in [0.05, 0.1) is 32.5 Å². The number of rotatable bonds is 10. The topological polar surface area (TPSA) is 69.2 Å². The number of ether oxygens (including phenoxy) is 3. The maximum Gasteiger partial charge on any atom is 0.244 e. The molecule has 0 aliphatic carbocycles. The molecule has 2 aromatic rings. The van der Waals surface area contributed by atoms with E-state index in [1.165, 1.54) is 0 Å². The van der Waals surface area contributed by atoms with E-state index < -0.39 is 0 Å². The van der Waals surface area contributed by atoms with Crippen LogP contribution in [0, 0.1) is 0 Å². The smallest absolute Gasteiger partial charge is 0.244 e. The summed E-state index contributed by atoms with van der Waals surface area (Å²) >= 11 is 0. The van der Waals surface area contributed by atoms with Gasteiger partial charge in [0.25, 0.3) is 0 Å². The molecule has 0 aliphatic heterocycles. The maximum absolute atomic E-state index is 12.1. The number of nitrogens with zero attached hydrogens (tertiary/aromatic N) is 1. The minimum absolute atomic E-state index is 0.195. The Kier molecular flexibility index (Phi) is 8.16. The summed E-state index contributed by atoms with van der Waals surface area (Å²) in [5.41, 5.74) is 4.20. The van der Waals surface area contributed by atoms with E-state index in [-0.39, 0.29) is 12.3 Å². The van der Waals surface area contributed by atoms with E-state index in [9.17, 15) is 4.79 Å². The van der Waals surface area contributed by atoms with Gasteiger partial charge in [-0.05, 0) is 50.6 Å². The lowest BCUT2D eigenvalue weighted by Gasteiger charge is -2.10. The molecular weight excluding hydrogens is 344 g/mol. The summed E-state index contributed by atoms with van der Waals surface area (Å²) in [6.45, 7) is 7.49. The van der Waals surface area contributed by atoms with Crippen LogP contribution < -0.4 is 19.6 Å². The summed E-state index contributed by atoms with van der Waals surface area (Å²) in [4.78, 5) is 12.1. The van der Waals surface area contributed by atoms with Crippen LogP contribution in [0.2, 0.25) is 0 Å². The zero-order chi connectivity index (χ0) is 19.5. The van der Waals surface area contributed by atoms with Gasteiger partial charge in [-0.15, -0.1) is 0 Å². The predicted octanol–water partition coefficient (Wildman–Crippen LogP) is 3.58. The molecule has 0 saturated carbocycles. The summed E-state index contributed by atoms with van der Waals surface area (Å²) in [5, 5.41) is 4.03. The molecule has 27 heavy (non-hydrogen) atoms. The average molecular weight is 370 g/mol. The summed E-state index contributed by atoms with van der Waals surface area (Å²) in [6.07, 6.45) is 1.81. The van der Waals surface area contributed by atoms with E-state index in [1.807, 2.05) is 63.2 Å². The SMILES string of the molecule is CCOc1ccc(CC(=O)N/N=C/c2ccc(OCC)cc2OCC)cc1. The van der Waals surface area contributed by atoms with Crippen LogP contribution in [0.5, 0.6) is 17.2 Å². The summed E-state index contributed by atoms with van der Waals surface area (Å²) < 4.78 is 16.5. The Hall–Kier alpha value is -3.02. The van der Waals surface area contributed by atoms with Crippen molar-refractivity contribution < 1.29 is 19.0 Å². The molecule has 0 atom stereocenters. The molecule has 0 radical (unpaired) electrons. The van der Waals surface area contributed by atoms with Gasteiger partial charge in [-0.3, -0.25) is 4.79 Å². The third-order valence-corrected chi connectivity index (χ3v) is 3.59. The first-order valence-corrected chi connectivity index (χ1v) is 9.09. The first-order valence-electron chi connectivity index (χ1n) is 9.09. The number of carbonyl (C=O) groups excluding carboxylic acids is 1. The van der Waals surface area contributed by atoms with Crippen molar-refractivity contribution in [2.24, 2.45) is 5.10 Å². The molecule has 0 aromatic heterocycles. The Balaban J connectivity index is 1.94. The Labute approximate surface area is 160 Å². The molecule has 1 amide bonds. The number of hydrogen-bond acceptors (Lipinski definition) is 5. The van der Waals surface area contributed by atoms with E-state index in [0.717, 1.165) is 22.6 Å². The van der Waals surface area contributed by atoms with Crippen LogP contribution in [-0.4, -0.2) is 31.9 Å². The van der Waals surface area contributed by atoms with Gasteiger partial charge in [0.1, 0.15) is 17.2 Å². The fraction of sp³-hybridized carbons (Fsp3) is 0.333. The van der Waals surface area contributed by atoms with Crippen molar-refractivity contribution in [1.82, 2.24) is 5.43 Å². The third kappa shape index (κ3) is 6.66. The quantitative estimate of drug-likeness (QED) is 0.513. The van der Waals surface area contributed by atoms with Crippen LogP contribution in [0.25, 0.3) is 0 Å². The zero-order valence-electron chi connectivity index (χ0n) is 16.0. The standard InChI is InChI=1S/C21H26N2O4/c1-4-25-18-10-7-16(8-11-18)13-21(24)23-22-15-17-9-12-19(26-5-2)14-20(17)27-6-3/h7-12,14-15H,4-6,13H2,1-3H3,(H,23,24)/b22-15+. The van der Waals surface area contributed by atoms with Crippen molar-refractivity contribution in [3.63, 3.8) is 0 Å². The predicted molar refractivity (Wildman–Crippen MR) is 106 cm³/mol. The first kappa shape index (κ1) is 20.3. The number of hydrazone groups is 1. The van der Waals surface area contributed by atoms with Crippen LogP contribution in [0.4, 0.5) is 0 Å². The molecule has 0 saturated heterocycles. The molecule has 2 aromatic carbocycles. The summed E-state index contributed by atoms with van der Waals surface area (Å²) in [5.74, 6) is 1.99. The Morgan fingerprint density at radius 2 is 1.56 bits per heavy atom. The molecule has 0 bridgehead atoms. The van der Waals surface area contributed by atoms with Crippen LogP contribution in [0.3, 0.4) is 0 Å². The highest BCUT2D eigenvalue weighted by Gasteiger charge is 2.05. The lowest BCUT2D eigenvalue weighted by atomic mass is 10.1. The highest BCUT2D eigenvalue weighted by molar-refractivity contribution is 5.86. The molecule has 2 rings (SSSR count). The molecule has 144 valence electrons. The van der Waals surface area contributed by atoms with Crippen LogP contribution in [0.15, 0.2) is 47.6 Å². The van der Waals surface area contributed by atoms with Crippen LogP contribution in [0.1, 0.15) is 31.9 Å². The molecule has 6 heteroatoms. The van der Waals surface area contributed by atoms with Crippen LogP contribution >= 0.6 is 0 Å². The van der Waals surface area contributed by atoms with E-state index in [1.54, 1.807) is 6.21 Å². The van der Waals surface area contributed by atoms with Crippen molar-refractivity contribution >= 4 is 12.1 Å². The number of amides is 1. The zero-order valence-corrected chi connectivity index (χ0v) is 16.0. The molecule has 0 aliphatic rings. The maximum atomic E-state index is 12.1. The van der Waals surface area contributed by atoms with E-state index in [4.69, 9.17) is 14.2 Å². The second-order valence-electron chi connectivity index (χ2n) is 5.61. The van der Waals surface area contributed by atoms with Gasteiger partial charge in [0.15, 0.2) is 0 Å². The molecule has 6 nitrogen and oxygen atoms in total. The lowest BCUT2D eigenvalue weighted by molar-refractivity contribution is -0.120. The molecular formula is C21H26N2O4. The monoisotopic (exact) mass is 370 g/mol. The minimum atomic E-state index is -0.195. The van der Waals surface area contributed by atoms with Crippen molar-refractivity contribution in [3.05, 3.63) is 53.6 Å². The van der Waals surface area contributed by atoms with Gasteiger partial charge in [-0.25, -0.2) is 5.43 Å². The highest BCUT2D eigenvalue weighted by atomic mass is 16.5. The first-order chi connectivity index (χ1) is 13.2. The van der Waals surface area contributed by atoms with Crippen LogP contribution in [-0.2, 0) is 11.2 Å². The number of carbonyl (C=O) groups is 1. The Morgan fingerprint density at radius 3 is 2.22 bits per heavy atom. The number of hydrogen-bond donors (Lipinski definition) is 1. The molecule has 0 heterocycles. The Bertz CT molecular complexity index is 757. The minimum Gasteiger partial charge on any atom is -0.494 e. The van der Waals surface area contributed by atoms with E-state index in [0.29, 0.717) is 25.6 Å². The van der Waals surface area contributed by atoms with Gasteiger partial charge in [0, 0.05) is 11.6 Å². The summed E-state index contributed by atoms with van der Waals surface area (Å²) in [6, 6.07) is 12.9. The third-order valence-electron chi connectivity index (χ3n) is 3.59. The largest absolute Gasteiger partial charge is 0.494 e. The van der Waals surface area contributed by atoms with Gasteiger partial charge < -0.3 is 14.2 Å². The fourth-order valence-electron chi connectivity index (χ4n) is 2.43. The van der Waals surface area contributed by atoms with E-state index >= 15 is 0 Å². The number of benzene rings is 2. The Morgan fingerprint density at radius 1 is 0.926 bits per heavy atom. The van der Waals surface area contributed by atoms with Gasteiger partial charge in [-0.1, -0.05) is 12.1 Å². The van der Waals surface area contributed by atoms with Crippen molar-refractivity contribution in [3.8, 4) is 17.2 Å². The lowest BCUT2D eigenvalue weighted by Crippen LogP contribution is -2.19. The molecule has 1 N–H and O–H groups in total. The summed E-state index contributed by atoms with van der Waals surface area (Å²) in [7, 11) is 0. The highest BCUT2D eigenvalue weighted by Crippen LogP contribution is 2.24. The van der Waals surface area contributed by atoms with Crippen molar-refractivity contribution in [2.75, 3.05) is 19.8 Å². The number of nitrogens with one attached hydrogen (secondary N) is 1. The normalized spacial score (nSPS) is 10.6. The van der Waals surface area contributed by atoms with Gasteiger partial charge >= 0.3 is 0 Å². The average Bonchev–Trinajstić information content (AvgIpc) is 2.66. The van der Waals surface area contributed by atoms with Crippen molar-refractivity contribution in [1.29, 1.82) is 0 Å². The second kappa shape index (κ2) is 10.9.